The largest absolute Gasteiger partial charge is 0.322 e. The normalized spacial score (nSPS) is 13.6. The first-order valence-corrected chi connectivity index (χ1v) is 10.7. The van der Waals surface area contributed by atoms with Gasteiger partial charge in [-0.05, 0) is 42.5 Å². The number of fused-ring (bicyclic) bond motifs is 5. The van der Waals surface area contributed by atoms with Crippen LogP contribution in [0.3, 0.4) is 0 Å². The summed E-state index contributed by atoms with van der Waals surface area (Å²) < 4.78 is 2.99. The minimum Gasteiger partial charge on any atom is -0.322 e. The molecule has 6 nitrogen and oxygen atoms in total. The fourth-order valence-electron chi connectivity index (χ4n) is 4.28. The minimum absolute atomic E-state index is 0.249. The Morgan fingerprint density at radius 1 is 0.774 bits per heavy atom. The summed E-state index contributed by atoms with van der Waals surface area (Å²) in [4.78, 5) is 36.6. The molecular formula is C24H15BrN4O2. The summed E-state index contributed by atoms with van der Waals surface area (Å²) in [6.07, 6.45) is 0. The second-order valence-corrected chi connectivity index (χ2v) is 8.42. The number of aromatic nitrogens is 3. The van der Waals surface area contributed by atoms with Crippen LogP contribution in [-0.4, -0.2) is 37.8 Å². The van der Waals surface area contributed by atoms with Crippen molar-refractivity contribution in [1.29, 1.82) is 0 Å². The predicted molar refractivity (Wildman–Crippen MR) is 122 cm³/mol. The molecule has 0 bridgehead atoms. The third-order valence-electron chi connectivity index (χ3n) is 5.74. The van der Waals surface area contributed by atoms with E-state index in [2.05, 4.69) is 15.9 Å². The predicted octanol–water partition coefficient (Wildman–Crippen LogP) is 4.80. The molecule has 0 saturated carbocycles. The van der Waals surface area contributed by atoms with Crippen LogP contribution in [0.2, 0.25) is 0 Å². The average Bonchev–Trinajstić information content (AvgIpc) is 3.22. The maximum atomic E-state index is 12.8. The molecule has 0 fully saturated rings. The average molecular weight is 471 g/mol. The maximum absolute atomic E-state index is 12.8. The minimum atomic E-state index is -0.249. The number of carbonyl (C=O) groups excluding carboxylic acids is 2. The zero-order chi connectivity index (χ0) is 21.1. The molecule has 5 aromatic rings. The van der Waals surface area contributed by atoms with E-state index >= 15 is 0 Å². The van der Waals surface area contributed by atoms with E-state index in [9.17, 15) is 9.59 Å². The van der Waals surface area contributed by atoms with Gasteiger partial charge in [0.15, 0.2) is 5.65 Å². The van der Waals surface area contributed by atoms with E-state index in [4.69, 9.17) is 9.97 Å². The Hall–Kier alpha value is -3.58. The first-order chi connectivity index (χ1) is 15.1. The van der Waals surface area contributed by atoms with Crippen LogP contribution in [0.1, 0.15) is 20.7 Å². The summed E-state index contributed by atoms with van der Waals surface area (Å²) in [5.41, 5.74) is 5.06. The summed E-state index contributed by atoms with van der Waals surface area (Å²) in [7, 11) is 0. The Balaban J connectivity index is 1.47. The molecule has 2 amide bonds. The summed E-state index contributed by atoms with van der Waals surface area (Å²) in [5, 5.41) is 0.977. The Labute approximate surface area is 185 Å². The highest BCUT2D eigenvalue weighted by molar-refractivity contribution is 9.10. The van der Waals surface area contributed by atoms with Gasteiger partial charge in [0.1, 0.15) is 5.52 Å². The standard InChI is InChI=1S/C24H15BrN4O2/c25-14-9-10-20-17(13-14)21-22(27-19-8-4-3-7-18(19)26-21)28(20)11-12-29-23(30)15-5-1-2-6-16(15)24(29)31/h1-10,13H,11-12H2. The van der Waals surface area contributed by atoms with Gasteiger partial charge in [-0.2, -0.15) is 0 Å². The third kappa shape index (κ3) is 2.70. The van der Waals surface area contributed by atoms with Gasteiger partial charge in [0.05, 0.1) is 27.7 Å². The van der Waals surface area contributed by atoms with E-state index in [1.54, 1.807) is 24.3 Å². The van der Waals surface area contributed by atoms with Crippen LogP contribution in [0.25, 0.3) is 33.1 Å². The number of halogens is 1. The number of nitrogens with zero attached hydrogens (tertiary/aromatic N) is 4. The van der Waals surface area contributed by atoms with Crippen molar-refractivity contribution in [2.75, 3.05) is 6.54 Å². The van der Waals surface area contributed by atoms with Crippen molar-refractivity contribution in [1.82, 2.24) is 19.4 Å². The summed E-state index contributed by atoms with van der Waals surface area (Å²) in [6.45, 7) is 0.690. The van der Waals surface area contributed by atoms with Gasteiger partial charge in [0, 0.05) is 22.9 Å². The molecule has 1 aliphatic heterocycles. The van der Waals surface area contributed by atoms with Crippen molar-refractivity contribution >= 4 is 60.8 Å². The number of para-hydroxylation sites is 2. The van der Waals surface area contributed by atoms with Crippen LogP contribution in [0.4, 0.5) is 0 Å². The Morgan fingerprint density at radius 3 is 2.13 bits per heavy atom. The van der Waals surface area contributed by atoms with Gasteiger partial charge in [0.25, 0.3) is 11.8 Å². The van der Waals surface area contributed by atoms with Crippen molar-refractivity contribution in [3.8, 4) is 0 Å². The van der Waals surface area contributed by atoms with E-state index in [-0.39, 0.29) is 18.4 Å². The van der Waals surface area contributed by atoms with Gasteiger partial charge >= 0.3 is 0 Å². The second-order valence-electron chi connectivity index (χ2n) is 7.51. The van der Waals surface area contributed by atoms with Crippen LogP contribution in [0.5, 0.6) is 0 Å². The lowest BCUT2D eigenvalue weighted by Gasteiger charge is -2.15. The van der Waals surface area contributed by atoms with E-state index in [0.29, 0.717) is 17.7 Å². The number of hydrogen-bond acceptors (Lipinski definition) is 4. The van der Waals surface area contributed by atoms with Crippen LogP contribution >= 0.6 is 15.9 Å². The van der Waals surface area contributed by atoms with Gasteiger partial charge < -0.3 is 4.57 Å². The smallest absolute Gasteiger partial charge is 0.261 e. The lowest BCUT2D eigenvalue weighted by molar-refractivity contribution is 0.0650. The van der Waals surface area contributed by atoms with E-state index in [1.807, 2.05) is 47.0 Å². The zero-order valence-electron chi connectivity index (χ0n) is 16.2. The molecule has 0 atom stereocenters. The van der Waals surface area contributed by atoms with Gasteiger partial charge in [0.2, 0.25) is 0 Å². The van der Waals surface area contributed by atoms with Crippen LogP contribution in [0, 0.1) is 0 Å². The molecule has 0 N–H and O–H groups in total. The number of hydrogen-bond donors (Lipinski definition) is 0. The number of benzene rings is 3. The Morgan fingerprint density at radius 2 is 1.42 bits per heavy atom. The maximum Gasteiger partial charge on any atom is 0.261 e. The lowest BCUT2D eigenvalue weighted by atomic mass is 10.1. The monoisotopic (exact) mass is 470 g/mol. The first-order valence-electron chi connectivity index (χ1n) is 9.91. The fourth-order valence-corrected chi connectivity index (χ4v) is 4.64. The molecule has 3 aromatic carbocycles. The summed E-state index contributed by atoms with van der Waals surface area (Å²) in [6, 6.07) is 20.7. The lowest BCUT2D eigenvalue weighted by Crippen LogP contribution is -2.32. The van der Waals surface area contributed by atoms with Crippen LogP contribution in [0.15, 0.2) is 71.2 Å². The van der Waals surface area contributed by atoms with Gasteiger partial charge in [-0.15, -0.1) is 0 Å². The first kappa shape index (κ1) is 18.2. The highest BCUT2D eigenvalue weighted by Crippen LogP contribution is 2.31. The molecule has 3 heterocycles. The number of rotatable bonds is 3. The van der Waals surface area contributed by atoms with Crippen molar-refractivity contribution in [3.63, 3.8) is 0 Å². The van der Waals surface area contributed by atoms with Crippen molar-refractivity contribution in [3.05, 3.63) is 82.3 Å². The van der Waals surface area contributed by atoms with E-state index in [1.165, 1.54) is 4.90 Å². The molecule has 0 saturated heterocycles. The molecule has 2 aromatic heterocycles. The Kier molecular flexibility index (Phi) is 3.94. The highest BCUT2D eigenvalue weighted by atomic mass is 79.9. The number of imide groups is 1. The molecule has 1 aliphatic rings. The molecule has 0 spiro atoms. The summed E-state index contributed by atoms with van der Waals surface area (Å²) in [5.74, 6) is -0.499. The quantitative estimate of drug-likeness (QED) is 0.355. The van der Waals surface area contributed by atoms with E-state index < -0.39 is 0 Å². The molecule has 31 heavy (non-hydrogen) atoms. The second kappa shape index (κ2) is 6.72. The number of carbonyl (C=O) groups is 2. The van der Waals surface area contributed by atoms with Gasteiger partial charge in [-0.3, -0.25) is 14.5 Å². The van der Waals surface area contributed by atoms with Gasteiger partial charge in [-0.25, -0.2) is 9.97 Å². The molecule has 6 rings (SSSR count). The number of amides is 2. The molecule has 150 valence electrons. The van der Waals surface area contributed by atoms with Crippen molar-refractivity contribution in [2.24, 2.45) is 0 Å². The highest BCUT2D eigenvalue weighted by Gasteiger charge is 2.34. The topological polar surface area (TPSA) is 68.1 Å². The van der Waals surface area contributed by atoms with Crippen molar-refractivity contribution in [2.45, 2.75) is 6.54 Å². The van der Waals surface area contributed by atoms with E-state index in [0.717, 1.165) is 37.6 Å². The third-order valence-corrected chi connectivity index (χ3v) is 6.23. The SMILES string of the molecule is O=C1c2ccccc2C(=O)N1CCn1c2ccc(Br)cc2c2nc3ccccc3nc21. The molecule has 0 unspecified atom stereocenters. The molecular weight excluding hydrogens is 456 g/mol. The van der Waals surface area contributed by atoms with Gasteiger partial charge in [-0.1, -0.05) is 40.2 Å². The van der Waals surface area contributed by atoms with Crippen molar-refractivity contribution < 1.29 is 9.59 Å². The fraction of sp³-hybridized carbons (Fsp3) is 0.0833. The van der Waals surface area contributed by atoms with Crippen LogP contribution in [-0.2, 0) is 6.54 Å². The molecule has 7 heteroatoms. The zero-order valence-corrected chi connectivity index (χ0v) is 17.8. The molecule has 0 radical (unpaired) electrons. The van der Waals surface area contributed by atoms with Crippen LogP contribution < -0.4 is 0 Å². The summed E-state index contributed by atoms with van der Waals surface area (Å²) >= 11 is 3.55. The Bertz CT molecular complexity index is 1520. The molecule has 0 aliphatic carbocycles.